The zero-order valence-electron chi connectivity index (χ0n) is 26.0. The summed E-state index contributed by atoms with van der Waals surface area (Å²) in [7, 11) is -6.59. The molecule has 0 saturated heterocycles. The van der Waals surface area contributed by atoms with Gasteiger partial charge in [-0.1, -0.05) is 84.4 Å². The van der Waals surface area contributed by atoms with Crippen LogP contribution in [-0.2, 0) is 24.5 Å². The van der Waals surface area contributed by atoms with Crippen molar-refractivity contribution in [3.63, 3.8) is 0 Å². The Bertz CT molecular complexity index is 2050. The van der Waals surface area contributed by atoms with Crippen LogP contribution in [0.3, 0.4) is 0 Å². The van der Waals surface area contributed by atoms with Crippen LogP contribution < -0.4 is 9.47 Å². The van der Waals surface area contributed by atoms with Crippen molar-refractivity contribution >= 4 is 42.8 Å². The zero-order chi connectivity index (χ0) is 34.5. The molecule has 0 aliphatic carbocycles. The molecule has 0 atom stereocenters. The Morgan fingerprint density at radius 3 is 1.44 bits per heavy atom. The molecule has 0 aromatic heterocycles. The second-order valence-corrected chi connectivity index (χ2v) is 15.4. The SMILES string of the molecule is CS(=O)(=O)c1ccc(-c2ccc(C(=CCOc3ccc(OCC(=O)O)c(Cl)c3)c3ccc(-c4ccc(S(C)(=O)=O)cc4)cc3)cc2)cc1. The molecule has 0 heterocycles. The largest absolute Gasteiger partial charge is 0.489 e. The normalized spacial score (nSPS) is 11.5. The van der Waals surface area contributed by atoms with E-state index in [2.05, 4.69) is 0 Å². The molecule has 5 rings (SSSR count). The number of halogens is 1. The number of carboxylic acid groups (broad SMARTS) is 1. The maximum Gasteiger partial charge on any atom is 0.341 e. The van der Waals surface area contributed by atoms with Crippen LogP contribution >= 0.6 is 11.6 Å². The lowest BCUT2D eigenvalue weighted by atomic mass is 9.94. The van der Waals surface area contributed by atoms with Gasteiger partial charge in [0.2, 0.25) is 0 Å². The number of ether oxygens (including phenoxy) is 2. The number of aliphatic carboxylic acids is 1. The molecule has 246 valence electrons. The number of hydrogen-bond acceptors (Lipinski definition) is 7. The van der Waals surface area contributed by atoms with Gasteiger partial charge in [-0.3, -0.25) is 0 Å². The molecule has 0 fully saturated rings. The van der Waals surface area contributed by atoms with Gasteiger partial charge >= 0.3 is 5.97 Å². The van der Waals surface area contributed by atoms with Crippen LogP contribution in [0.4, 0.5) is 0 Å². The third-order valence-corrected chi connectivity index (χ3v) is 9.97. The summed E-state index contributed by atoms with van der Waals surface area (Å²) < 4.78 is 58.6. The molecule has 5 aromatic carbocycles. The van der Waals surface area contributed by atoms with Crippen LogP contribution in [0.5, 0.6) is 11.5 Å². The minimum atomic E-state index is -3.30. The van der Waals surface area contributed by atoms with Gasteiger partial charge in [-0.15, -0.1) is 0 Å². The molecule has 0 spiro atoms. The average molecular weight is 703 g/mol. The molecule has 1 N–H and O–H groups in total. The first kappa shape index (κ1) is 34.4. The molecule has 48 heavy (non-hydrogen) atoms. The lowest BCUT2D eigenvalue weighted by Crippen LogP contribution is -2.09. The van der Waals surface area contributed by atoms with Crippen molar-refractivity contribution < 1.29 is 36.2 Å². The maximum absolute atomic E-state index is 11.9. The van der Waals surface area contributed by atoms with Gasteiger partial charge in [-0.05, 0) is 81.4 Å². The van der Waals surface area contributed by atoms with Crippen LogP contribution in [0.15, 0.2) is 131 Å². The van der Waals surface area contributed by atoms with Crippen molar-refractivity contribution in [2.45, 2.75) is 9.79 Å². The molecular formula is C37H31ClO8S2. The van der Waals surface area contributed by atoms with Crippen molar-refractivity contribution in [3.05, 3.63) is 137 Å². The number of carboxylic acids is 1. The highest BCUT2D eigenvalue weighted by molar-refractivity contribution is 7.91. The molecule has 0 saturated carbocycles. The Balaban J connectivity index is 1.42. The minimum absolute atomic E-state index is 0.185. The fraction of sp³-hybridized carbons (Fsp3) is 0.108. The first-order valence-electron chi connectivity index (χ1n) is 14.6. The van der Waals surface area contributed by atoms with Crippen molar-refractivity contribution in [3.8, 4) is 33.8 Å². The summed E-state index contributed by atoms with van der Waals surface area (Å²) in [6.45, 7) is -0.327. The van der Waals surface area contributed by atoms with Gasteiger partial charge in [0.1, 0.15) is 18.1 Å². The van der Waals surface area contributed by atoms with E-state index in [-0.39, 0.29) is 27.2 Å². The van der Waals surface area contributed by atoms with Crippen LogP contribution in [-0.4, -0.2) is 53.6 Å². The second kappa shape index (κ2) is 14.5. The van der Waals surface area contributed by atoms with Crippen LogP contribution in [0, 0.1) is 0 Å². The highest BCUT2D eigenvalue weighted by Crippen LogP contribution is 2.31. The van der Waals surface area contributed by atoms with E-state index in [0.717, 1.165) is 39.0 Å². The summed E-state index contributed by atoms with van der Waals surface area (Å²) in [6, 6.07) is 34.0. The van der Waals surface area contributed by atoms with Gasteiger partial charge in [-0.25, -0.2) is 21.6 Å². The fourth-order valence-electron chi connectivity index (χ4n) is 4.93. The van der Waals surface area contributed by atoms with Crippen molar-refractivity contribution in [2.24, 2.45) is 0 Å². The van der Waals surface area contributed by atoms with E-state index in [1.807, 2.05) is 54.6 Å². The molecular weight excluding hydrogens is 672 g/mol. The molecule has 0 unspecified atom stereocenters. The minimum Gasteiger partial charge on any atom is -0.489 e. The lowest BCUT2D eigenvalue weighted by Gasteiger charge is -2.13. The first-order chi connectivity index (χ1) is 22.8. The number of carbonyl (C=O) groups is 1. The van der Waals surface area contributed by atoms with E-state index < -0.39 is 32.3 Å². The summed E-state index contributed by atoms with van der Waals surface area (Å²) in [5.74, 6) is -0.404. The maximum atomic E-state index is 11.9. The van der Waals surface area contributed by atoms with Crippen LogP contribution in [0.2, 0.25) is 5.02 Å². The molecule has 0 aliphatic heterocycles. The molecule has 0 radical (unpaired) electrons. The predicted molar refractivity (Wildman–Crippen MR) is 187 cm³/mol. The predicted octanol–water partition coefficient (Wildman–Crippen LogP) is 7.46. The summed E-state index contributed by atoms with van der Waals surface area (Å²) >= 11 is 6.27. The van der Waals surface area contributed by atoms with Crippen molar-refractivity contribution in [2.75, 3.05) is 25.7 Å². The van der Waals surface area contributed by atoms with E-state index in [4.69, 9.17) is 26.2 Å². The lowest BCUT2D eigenvalue weighted by molar-refractivity contribution is -0.139. The molecule has 0 aliphatic rings. The Morgan fingerprint density at radius 2 is 1.06 bits per heavy atom. The third-order valence-electron chi connectivity index (χ3n) is 7.42. The number of hydrogen-bond donors (Lipinski definition) is 1. The van der Waals surface area contributed by atoms with Crippen molar-refractivity contribution in [1.29, 1.82) is 0 Å². The number of rotatable bonds is 12. The topological polar surface area (TPSA) is 124 Å². The Labute approximate surface area is 284 Å². The summed E-state index contributed by atoms with van der Waals surface area (Å²) in [5.41, 5.74) is 6.31. The third kappa shape index (κ3) is 8.71. The Kier molecular flexibility index (Phi) is 10.4. The fourth-order valence-corrected chi connectivity index (χ4v) is 6.41. The quantitative estimate of drug-likeness (QED) is 0.142. The van der Waals surface area contributed by atoms with E-state index in [0.29, 0.717) is 5.75 Å². The van der Waals surface area contributed by atoms with E-state index in [9.17, 15) is 21.6 Å². The van der Waals surface area contributed by atoms with Crippen molar-refractivity contribution in [1.82, 2.24) is 0 Å². The highest BCUT2D eigenvalue weighted by atomic mass is 35.5. The van der Waals surface area contributed by atoms with Gasteiger partial charge in [0.25, 0.3) is 0 Å². The summed E-state index contributed by atoms with van der Waals surface area (Å²) in [5, 5.41) is 9.08. The van der Waals surface area contributed by atoms with E-state index in [1.54, 1.807) is 66.7 Å². The van der Waals surface area contributed by atoms with Crippen LogP contribution in [0.25, 0.3) is 27.8 Å². The summed E-state index contributed by atoms with van der Waals surface area (Å²) in [4.78, 5) is 11.3. The Hall–Kier alpha value is -4.90. The summed E-state index contributed by atoms with van der Waals surface area (Å²) in [6.07, 6.45) is 4.29. The molecule has 5 aromatic rings. The standard InChI is InChI=1S/C37H31ClO8S2/c1-47(41,42)32-16-11-27(12-17-32)25-3-7-29(8-4-25)34(21-22-45-31-15-20-36(35(38)23-31)46-24-37(39)40)30-9-5-26(6-10-30)28-13-18-33(19-14-28)48(2,43)44/h3-21,23H,22,24H2,1-2H3,(H,39,40). The zero-order valence-corrected chi connectivity index (χ0v) is 28.3. The molecule has 0 bridgehead atoms. The molecule has 0 amide bonds. The van der Waals surface area contributed by atoms with Gasteiger partial charge in [0, 0.05) is 18.6 Å². The highest BCUT2D eigenvalue weighted by Gasteiger charge is 2.12. The molecule has 8 nitrogen and oxygen atoms in total. The Morgan fingerprint density at radius 1 is 0.646 bits per heavy atom. The smallest absolute Gasteiger partial charge is 0.341 e. The van der Waals surface area contributed by atoms with E-state index in [1.165, 1.54) is 12.5 Å². The monoisotopic (exact) mass is 702 g/mol. The van der Waals surface area contributed by atoms with E-state index >= 15 is 0 Å². The number of benzene rings is 5. The number of sulfone groups is 2. The van der Waals surface area contributed by atoms with Crippen LogP contribution in [0.1, 0.15) is 11.1 Å². The average Bonchev–Trinajstić information content (AvgIpc) is 3.06. The van der Waals surface area contributed by atoms with Gasteiger partial charge < -0.3 is 14.6 Å². The first-order valence-corrected chi connectivity index (χ1v) is 18.7. The molecule has 11 heteroatoms. The van der Waals surface area contributed by atoms with Gasteiger partial charge in [0.05, 0.1) is 14.8 Å². The van der Waals surface area contributed by atoms with Gasteiger partial charge in [-0.2, -0.15) is 0 Å². The second-order valence-electron chi connectivity index (χ2n) is 11.0. The van der Waals surface area contributed by atoms with Gasteiger partial charge in [0.15, 0.2) is 26.3 Å².